The van der Waals surface area contributed by atoms with Crippen LogP contribution in [0, 0.1) is 5.41 Å². The fourth-order valence-corrected chi connectivity index (χ4v) is 4.20. The highest BCUT2D eigenvalue weighted by molar-refractivity contribution is 7.80. The summed E-state index contributed by atoms with van der Waals surface area (Å²) in [5, 5.41) is 8.28. The summed E-state index contributed by atoms with van der Waals surface area (Å²) in [6.07, 6.45) is 1.29. The number of thiocarbonyl (C=S) groups is 1. The third kappa shape index (κ3) is 2.92. The molecular formula is C19H18ClN3OS. The number of Topliss-reactive ketones (excluding diaryl/α,β-unsaturated/α-hetero) is 1. The number of nitrogens with zero attached hydrogens (tertiary/aromatic N) is 1. The molecule has 1 aliphatic carbocycles. The van der Waals surface area contributed by atoms with Gasteiger partial charge in [-0.3, -0.25) is 4.79 Å². The van der Waals surface area contributed by atoms with Crippen LogP contribution in [0.3, 0.4) is 0 Å². The maximum Gasteiger partial charge on any atom is 0.171 e. The summed E-state index contributed by atoms with van der Waals surface area (Å²) in [5.41, 5.74) is 3.17. The number of fused-ring (bicyclic) bond motifs is 1. The summed E-state index contributed by atoms with van der Waals surface area (Å²) >= 11 is 11.8. The minimum Gasteiger partial charge on any atom is -0.351 e. The minimum absolute atomic E-state index is 0.0775. The molecule has 0 unspecified atom stereocenters. The van der Waals surface area contributed by atoms with Gasteiger partial charge in [0.15, 0.2) is 10.9 Å². The van der Waals surface area contributed by atoms with E-state index in [-0.39, 0.29) is 17.2 Å². The number of pyridine rings is 1. The van der Waals surface area contributed by atoms with Gasteiger partial charge in [-0.25, -0.2) is 4.98 Å². The van der Waals surface area contributed by atoms with Gasteiger partial charge in [0.05, 0.1) is 11.6 Å². The number of carbonyl (C=O) groups is 1. The molecular weight excluding hydrogens is 354 g/mol. The summed E-state index contributed by atoms with van der Waals surface area (Å²) in [6, 6.07) is 9.43. The number of hydrogen-bond donors (Lipinski definition) is 2. The van der Waals surface area contributed by atoms with E-state index in [1.54, 1.807) is 0 Å². The Morgan fingerprint density at radius 3 is 2.84 bits per heavy atom. The summed E-state index contributed by atoms with van der Waals surface area (Å²) in [7, 11) is 0. The van der Waals surface area contributed by atoms with Gasteiger partial charge in [-0.2, -0.15) is 0 Å². The van der Waals surface area contributed by atoms with Crippen molar-refractivity contribution in [1.82, 2.24) is 15.6 Å². The van der Waals surface area contributed by atoms with Gasteiger partial charge < -0.3 is 10.6 Å². The normalized spacial score (nSPS) is 22.4. The van der Waals surface area contributed by atoms with E-state index >= 15 is 0 Å². The van der Waals surface area contributed by atoms with Gasteiger partial charge >= 0.3 is 0 Å². The summed E-state index contributed by atoms with van der Waals surface area (Å²) < 4.78 is 0. The Kier molecular flexibility index (Phi) is 3.81. The number of aromatic nitrogens is 1. The van der Waals surface area contributed by atoms with E-state index in [0.29, 0.717) is 16.7 Å². The van der Waals surface area contributed by atoms with E-state index in [2.05, 4.69) is 29.5 Å². The smallest absolute Gasteiger partial charge is 0.171 e. The second-order valence-corrected chi connectivity index (χ2v) is 8.19. The Balaban J connectivity index is 1.88. The molecule has 1 atom stereocenters. The molecule has 0 fully saturated rings. The Hall–Kier alpha value is -1.98. The number of allylic oxidation sites excluding steroid dienone is 1. The van der Waals surface area contributed by atoms with Crippen LogP contribution in [0.25, 0.3) is 10.9 Å². The van der Waals surface area contributed by atoms with Crippen molar-refractivity contribution in [2.24, 2.45) is 5.41 Å². The van der Waals surface area contributed by atoms with Crippen molar-refractivity contribution < 1.29 is 4.79 Å². The van der Waals surface area contributed by atoms with E-state index in [0.717, 1.165) is 34.2 Å². The topological polar surface area (TPSA) is 54.0 Å². The maximum atomic E-state index is 12.9. The van der Waals surface area contributed by atoms with Crippen LogP contribution in [0.2, 0.25) is 5.15 Å². The lowest BCUT2D eigenvalue weighted by atomic mass is 9.73. The van der Waals surface area contributed by atoms with E-state index in [9.17, 15) is 4.79 Å². The molecule has 4 nitrogen and oxygen atoms in total. The zero-order valence-corrected chi connectivity index (χ0v) is 15.6. The number of hydrogen-bond acceptors (Lipinski definition) is 3. The summed E-state index contributed by atoms with van der Waals surface area (Å²) in [4.78, 5) is 17.4. The lowest BCUT2D eigenvalue weighted by Gasteiger charge is -2.39. The van der Waals surface area contributed by atoms with Crippen LogP contribution in [0.5, 0.6) is 0 Å². The van der Waals surface area contributed by atoms with Crippen LogP contribution in [-0.2, 0) is 4.79 Å². The average Bonchev–Trinajstić information content (AvgIpc) is 2.51. The molecule has 0 saturated heterocycles. The molecule has 0 spiro atoms. The second-order valence-electron chi connectivity index (χ2n) is 7.43. The maximum absolute atomic E-state index is 12.9. The molecule has 6 heteroatoms. The third-order valence-electron chi connectivity index (χ3n) is 4.76. The highest BCUT2D eigenvalue weighted by Gasteiger charge is 2.40. The van der Waals surface area contributed by atoms with Gasteiger partial charge in [0.1, 0.15) is 5.15 Å². The van der Waals surface area contributed by atoms with Gasteiger partial charge in [0.2, 0.25) is 0 Å². The van der Waals surface area contributed by atoms with Crippen LogP contribution < -0.4 is 10.6 Å². The van der Waals surface area contributed by atoms with E-state index in [1.165, 1.54) is 0 Å². The Bertz CT molecular complexity index is 951. The Morgan fingerprint density at radius 1 is 1.28 bits per heavy atom. The fourth-order valence-electron chi connectivity index (χ4n) is 3.70. The zero-order valence-electron chi connectivity index (χ0n) is 14.0. The number of benzene rings is 1. The SMILES string of the molecule is CC1(C)CC(=O)C2=C(C1)NC(=S)N[C@H]2c1cc2ccccc2nc1Cl. The van der Waals surface area contributed by atoms with E-state index < -0.39 is 0 Å². The fraction of sp³-hybridized carbons (Fsp3) is 0.316. The first-order chi connectivity index (χ1) is 11.8. The van der Waals surface area contributed by atoms with Crippen LogP contribution in [0.15, 0.2) is 41.6 Å². The van der Waals surface area contributed by atoms with Gasteiger partial charge in [0.25, 0.3) is 0 Å². The largest absolute Gasteiger partial charge is 0.351 e. The minimum atomic E-state index is -0.364. The lowest BCUT2D eigenvalue weighted by Crippen LogP contribution is -2.48. The highest BCUT2D eigenvalue weighted by atomic mass is 35.5. The van der Waals surface area contributed by atoms with Gasteiger partial charge in [0, 0.05) is 28.6 Å². The van der Waals surface area contributed by atoms with Crippen molar-refractivity contribution in [1.29, 1.82) is 0 Å². The predicted octanol–water partition coefficient (Wildman–Crippen LogP) is 4.05. The first-order valence-corrected chi connectivity index (χ1v) is 9.02. The standard InChI is InChI=1S/C19H18ClN3OS/c1-19(2)8-13-15(14(24)9-19)16(23-18(25)22-13)11-7-10-5-3-4-6-12(10)21-17(11)20/h3-7,16H,8-9H2,1-2H3,(H2,22,23,25)/t16-/m0/s1. The molecule has 2 N–H and O–H groups in total. The van der Waals surface area contributed by atoms with Gasteiger partial charge in [-0.05, 0) is 36.2 Å². The Morgan fingerprint density at radius 2 is 2.04 bits per heavy atom. The molecule has 128 valence electrons. The molecule has 0 saturated carbocycles. The van der Waals surface area contributed by atoms with Gasteiger partial charge in [-0.15, -0.1) is 0 Å². The van der Waals surface area contributed by atoms with Crippen LogP contribution in [-0.4, -0.2) is 15.9 Å². The molecule has 4 rings (SSSR count). The Labute approximate surface area is 156 Å². The molecule has 2 heterocycles. The van der Waals surface area contributed by atoms with Crippen molar-refractivity contribution in [3.8, 4) is 0 Å². The molecule has 0 radical (unpaired) electrons. The van der Waals surface area contributed by atoms with Crippen molar-refractivity contribution in [2.45, 2.75) is 32.7 Å². The third-order valence-corrected chi connectivity index (χ3v) is 5.29. The highest BCUT2D eigenvalue weighted by Crippen LogP contribution is 2.42. The number of rotatable bonds is 1. The average molecular weight is 372 g/mol. The van der Waals surface area contributed by atoms with Crippen LogP contribution in [0.1, 0.15) is 38.3 Å². The number of carbonyl (C=O) groups excluding carboxylic acids is 1. The molecule has 25 heavy (non-hydrogen) atoms. The molecule has 0 amide bonds. The predicted molar refractivity (Wildman–Crippen MR) is 103 cm³/mol. The molecule has 2 aliphatic rings. The van der Waals surface area contributed by atoms with Crippen LogP contribution in [0.4, 0.5) is 0 Å². The van der Waals surface area contributed by atoms with Crippen molar-refractivity contribution >= 4 is 45.6 Å². The number of halogens is 1. The van der Waals surface area contributed by atoms with Gasteiger partial charge in [-0.1, -0.05) is 43.6 Å². The zero-order chi connectivity index (χ0) is 17.8. The number of nitrogens with one attached hydrogen (secondary N) is 2. The molecule has 1 aromatic carbocycles. The molecule has 0 bridgehead atoms. The van der Waals surface area contributed by atoms with Crippen molar-refractivity contribution in [3.05, 3.63) is 52.3 Å². The quantitative estimate of drug-likeness (QED) is 0.585. The van der Waals surface area contributed by atoms with E-state index in [1.807, 2.05) is 30.3 Å². The monoisotopic (exact) mass is 371 g/mol. The first kappa shape index (κ1) is 16.5. The molecule has 2 aromatic rings. The summed E-state index contributed by atoms with van der Waals surface area (Å²) in [6.45, 7) is 4.20. The van der Waals surface area contributed by atoms with Crippen LogP contribution >= 0.6 is 23.8 Å². The number of ketones is 1. The number of para-hydroxylation sites is 1. The lowest BCUT2D eigenvalue weighted by molar-refractivity contribution is -0.118. The van der Waals surface area contributed by atoms with Crippen molar-refractivity contribution in [2.75, 3.05) is 0 Å². The molecule has 1 aromatic heterocycles. The summed E-state index contributed by atoms with van der Waals surface area (Å²) in [5.74, 6) is 0.128. The van der Waals surface area contributed by atoms with Crippen molar-refractivity contribution in [3.63, 3.8) is 0 Å². The second kappa shape index (κ2) is 5.78. The first-order valence-electron chi connectivity index (χ1n) is 8.23. The molecule has 1 aliphatic heterocycles. The van der Waals surface area contributed by atoms with E-state index in [4.69, 9.17) is 23.8 Å².